The van der Waals surface area contributed by atoms with Crippen LogP contribution in [-0.2, 0) is 16.1 Å². The predicted molar refractivity (Wildman–Crippen MR) is 112 cm³/mol. The van der Waals surface area contributed by atoms with Crippen LogP contribution in [0.2, 0.25) is 0 Å². The fraction of sp³-hybridized carbons (Fsp3) is 0.435. The number of ether oxygens (including phenoxy) is 3. The maximum absolute atomic E-state index is 13.0. The highest BCUT2D eigenvalue weighted by atomic mass is 19.4. The van der Waals surface area contributed by atoms with Crippen LogP contribution in [0.25, 0.3) is 0 Å². The monoisotopic (exact) mass is 466 g/mol. The number of alkyl halides is 3. The summed E-state index contributed by atoms with van der Waals surface area (Å²) in [6.07, 6.45) is -1.38. The van der Waals surface area contributed by atoms with Crippen LogP contribution in [0.4, 0.5) is 13.2 Å². The summed E-state index contributed by atoms with van der Waals surface area (Å²) in [7, 11) is 1.44. The zero-order valence-corrected chi connectivity index (χ0v) is 18.3. The summed E-state index contributed by atoms with van der Waals surface area (Å²) in [5.74, 6) is -1.09. The highest BCUT2D eigenvalue weighted by Gasteiger charge is 2.40. The summed E-state index contributed by atoms with van der Waals surface area (Å²) in [6.45, 7) is -0.464. The first-order valence-corrected chi connectivity index (χ1v) is 10.4. The lowest BCUT2D eigenvalue weighted by atomic mass is 10.1. The number of esters is 1. The van der Waals surface area contributed by atoms with Gasteiger partial charge in [-0.05, 0) is 56.0 Å². The second-order valence-electron chi connectivity index (χ2n) is 7.77. The third kappa shape index (κ3) is 7.10. The highest BCUT2D eigenvalue weighted by molar-refractivity contribution is 5.92. The maximum Gasteiger partial charge on any atom is 0.406 e. The quantitative estimate of drug-likeness (QED) is 0.493. The van der Waals surface area contributed by atoms with Gasteiger partial charge in [0.1, 0.15) is 13.2 Å². The van der Waals surface area contributed by atoms with E-state index in [0.717, 1.165) is 17.7 Å². The second kappa shape index (κ2) is 10.5. The Morgan fingerprint density at radius 2 is 1.94 bits per heavy atom. The highest BCUT2D eigenvalue weighted by Crippen LogP contribution is 2.36. The summed E-state index contributed by atoms with van der Waals surface area (Å²) in [5.41, 5.74) is 0.727. The van der Waals surface area contributed by atoms with Crippen molar-refractivity contribution in [2.75, 3.05) is 20.3 Å². The van der Waals surface area contributed by atoms with E-state index >= 15 is 0 Å². The van der Waals surface area contributed by atoms with E-state index in [1.165, 1.54) is 25.3 Å². The van der Waals surface area contributed by atoms with Gasteiger partial charge in [-0.25, -0.2) is 4.79 Å². The van der Waals surface area contributed by atoms with E-state index in [1.54, 1.807) is 31.3 Å². The summed E-state index contributed by atoms with van der Waals surface area (Å²) in [4.78, 5) is 29.8. The second-order valence-corrected chi connectivity index (χ2v) is 7.77. The summed E-state index contributed by atoms with van der Waals surface area (Å²) in [5, 5.41) is 0. The summed E-state index contributed by atoms with van der Waals surface area (Å²) >= 11 is 0. The zero-order valence-electron chi connectivity index (χ0n) is 18.3. The lowest BCUT2D eigenvalue weighted by Gasteiger charge is -2.30. The van der Waals surface area contributed by atoms with Crippen molar-refractivity contribution in [2.45, 2.75) is 38.6 Å². The number of carbonyl (C=O) groups excluding carboxylic acids is 2. The van der Waals surface area contributed by atoms with Gasteiger partial charge in [0.05, 0.1) is 18.4 Å². The number of aromatic nitrogens is 1. The molecule has 0 aliphatic heterocycles. The molecule has 33 heavy (non-hydrogen) atoms. The first-order chi connectivity index (χ1) is 15.7. The number of nitrogens with zero attached hydrogens (tertiary/aromatic N) is 2. The molecule has 178 valence electrons. The number of hydrogen-bond acceptors (Lipinski definition) is 6. The molecule has 1 aliphatic rings. The normalized spacial score (nSPS) is 14.3. The fourth-order valence-electron chi connectivity index (χ4n) is 3.33. The van der Waals surface area contributed by atoms with E-state index in [4.69, 9.17) is 14.2 Å². The Bertz CT molecular complexity index is 964. The standard InChI is InChI=1S/C23H25F3N2O5/c1-15(16-6-7-16)28(14-23(24,25)26)21(29)13-33-22(30)17-8-9-19(31-2)20(11-17)32-12-18-5-3-4-10-27-18/h3-5,8-11,15-16H,6-7,12-14H2,1-2H3. The summed E-state index contributed by atoms with van der Waals surface area (Å²) in [6, 6.07) is 9.06. The van der Waals surface area contributed by atoms with Crippen molar-refractivity contribution in [1.82, 2.24) is 9.88 Å². The number of rotatable bonds is 10. The summed E-state index contributed by atoms with van der Waals surface area (Å²) < 4.78 is 54.8. The first-order valence-electron chi connectivity index (χ1n) is 10.4. The van der Waals surface area contributed by atoms with Crippen molar-refractivity contribution in [1.29, 1.82) is 0 Å². The number of halogens is 3. The van der Waals surface area contributed by atoms with Gasteiger partial charge < -0.3 is 19.1 Å². The van der Waals surface area contributed by atoms with Crippen molar-refractivity contribution >= 4 is 11.9 Å². The van der Waals surface area contributed by atoms with Crippen LogP contribution >= 0.6 is 0 Å². The van der Waals surface area contributed by atoms with Crippen molar-refractivity contribution in [3.63, 3.8) is 0 Å². The Hall–Kier alpha value is -3.30. The van der Waals surface area contributed by atoms with Crippen molar-refractivity contribution in [3.8, 4) is 11.5 Å². The van der Waals surface area contributed by atoms with E-state index in [-0.39, 0.29) is 23.8 Å². The Morgan fingerprint density at radius 1 is 1.18 bits per heavy atom. The molecule has 1 saturated carbocycles. The van der Waals surface area contributed by atoms with Gasteiger partial charge >= 0.3 is 12.1 Å². The Morgan fingerprint density at radius 3 is 2.55 bits per heavy atom. The van der Waals surface area contributed by atoms with Crippen LogP contribution < -0.4 is 9.47 Å². The van der Waals surface area contributed by atoms with Crippen molar-refractivity contribution in [3.05, 3.63) is 53.9 Å². The fourth-order valence-corrected chi connectivity index (χ4v) is 3.33. The van der Waals surface area contributed by atoms with Gasteiger partial charge in [0.15, 0.2) is 18.1 Å². The van der Waals surface area contributed by atoms with Crippen LogP contribution in [0.1, 0.15) is 35.8 Å². The molecule has 0 bridgehead atoms. The minimum atomic E-state index is -4.54. The predicted octanol–water partition coefficient (Wildman–Crippen LogP) is 4.02. The molecule has 1 aromatic heterocycles. The molecule has 0 N–H and O–H groups in total. The van der Waals surface area contributed by atoms with Crippen LogP contribution in [-0.4, -0.2) is 54.2 Å². The Labute approximate surface area is 189 Å². The number of carbonyl (C=O) groups is 2. The molecule has 0 radical (unpaired) electrons. The molecule has 1 atom stereocenters. The molecule has 10 heteroatoms. The molecular formula is C23H25F3N2O5. The molecule has 3 rings (SSSR count). The van der Waals surface area contributed by atoms with Crippen LogP contribution in [0, 0.1) is 5.92 Å². The van der Waals surface area contributed by atoms with E-state index in [1.807, 2.05) is 0 Å². The Kier molecular flexibility index (Phi) is 7.78. The average Bonchev–Trinajstić information content (AvgIpc) is 3.64. The molecule has 2 aromatic rings. The van der Waals surface area contributed by atoms with Gasteiger partial charge in [-0.15, -0.1) is 0 Å². The molecule has 1 fully saturated rings. The minimum absolute atomic E-state index is 0.0346. The number of amides is 1. The molecular weight excluding hydrogens is 441 g/mol. The van der Waals surface area contributed by atoms with Crippen molar-refractivity contribution in [2.24, 2.45) is 5.92 Å². The van der Waals surface area contributed by atoms with Gasteiger partial charge in [0.25, 0.3) is 5.91 Å². The molecule has 0 spiro atoms. The molecule has 1 amide bonds. The van der Waals surface area contributed by atoms with Gasteiger partial charge in [-0.2, -0.15) is 13.2 Å². The lowest BCUT2D eigenvalue weighted by molar-refractivity contribution is -0.167. The third-order valence-electron chi connectivity index (χ3n) is 5.29. The zero-order chi connectivity index (χ0) is 24.0. The SMILES string of the molecule is COc1ccc(C(=O)OCC(=O)N(CC(F)(F)F)C(C)C2CC2)cc1OCc1ccccn1. The van der Waals surface area contributed by atoms with Crippen molar-refractivity contribution < 1.29 is 37.0 Å². The molecule has 1 aromatic carbocycles. The topological polar surface area (TPSA) is 78.0 Å². The Balaban J connectivity index is 1.64. The van der Waals surface area contributed by atoms with E-state index in [2.05, 4.69) is 4.98 Å². The van der Waals surface area contributed by atoms with Crippen LogP contribution in [0.3, 0.4) is 0 Å². The number of hydrogen-bond donors (Lipinski definition) is 0. The molecule has 1 aliphatic carbocycles. The van der Waals surface area contributed by atoms with E-state index < -0.39 is 37.2 Å². The van der Waals surface area contributed by atoms with Crippen LogP contribution in [0.15, 0.2) is 42.6 Å². The molecule has 1 heterocycles. The molecule has 0 saturated heterocycles. The largest absolute Gasteiger partial charge is 0.493 e. The van der Waals surface area contributed by atoms with Crippen LogP contribution in [0.5, 0.6) is 11.5 Å². The number of methoxy groups -OCH3 is 1. The number of benzene rings is 1. The van der Waals surface area contributed by atoms with Gasteiger partial charge in [0.2, 0.25) is 0 Å². The first kappa shape index (κ1) is 24.3. The molecule has 7 nitrogen and oxygen atoms in total. The third-order valence-corrected chi connectivity index (χ3v) is 5.29. The average molecular weight is 466 g/mol. The minimum Gasteiger partial charge on any atom is -0.493 e. The van der Waals surface area contributed by atoms with Gasteiger partial charge in [0, 0.05) is 12.2 Å². The lowest BCUT2D eigenvalue weighted by Crippen LogP contribution is -2.47. The number of pyridine rings is 1. The molecule has 1 unspecified atom stereocenters. The van der Waals surface area contributed by atoms with E-state index in [9.17, 15) is 22.8 Å². The van der Waals surface area contributed by atoms with Gasteiger partial charge in [-0.3, -0.25) is 9.78 Å². The smallest absolute Gasteiger partial charge is 0.406 e. The van der Waals surface area contributed by atoms with E-state index in [0.29, 0.717) is 11.4 Å². The van der Waals surface area contributed by atoms with Gasteiger partial charge in [-0.1, -0.05) is 6.07 Å². The maximum atomic E-state index is 13.0.